The molecule has 1 aliphatic rings. The van der Waals surface area contributed by atoms with Crippen molar-refractivity contribution in [2.24, 2.45) is 0 Å². The Kier molecular flexibility index (Phi) is 7.31. The van der Waals surface area contributed by atoms with Crippen LogP contribution < -0.4 is 10.1 Å². The zero-order valence-electron chi connectivity index (χ0n) is 22.3. The molecule has 4 rings (SSSR count). The number of likely N-dealkylation sites (tertiary alicyclic amines) is 1. The summed E-state index contributed by atoms with van der Waals surface area (Å²) in [6.07, 6.45) is -0.554. The van der Waals surface area contributed by atoms with E-state index in [0.717, 1.165) is 22.2 Å². The molecule has 0 saturated carbocycles. The minimum atomic E-state index is -1.46. The predicted octanol–water partition coefficient (Wildman–Crippen LogP) is 4.55. The van der Waals surface area contributed by atoms with Crippen molar-refractivity contribution >= 4 is 28.9 Å². The number of hydrogen-bond donors (Lipinski definition) is 2. The lowest BCUT2D eigenvalue weighted by atomic mass is 9.88. The third-order valence-corrected chi connectivity index (χ3v) is 6.56. The van der Waals surface area contributed by atoms with Gasteiger partial charge in [0, 0.05) is 29.6 Å². The Morgan fingerprint density at radius 2 is 1.84 bits per heavy atom. The number of fused-ring (bicyclic) bond motifs is 1. The Labute approximate surface area is 221 Å². The van der Waals surface area contributed by atoms with Gasteiger partial charge in [0.05, 0.1) is 5.52 Å². The van der Waals surface area contributed by atoms with Gasteiger partial charge in [-0.25, -0.2) is 9.59 Å². The average Bonchev–Trinajstić information content (AvgIpc) is 3.17. The molecule has 2 heterocycles. The van der Waals surface area contributed by atoms with Crippen LogP contribution >= 0.6 is 0 Å². The number of para-hydroxylation sites is 1. The molecule has 1 saturated heterocycles. The van der Waals surface area contributed by atoms with Crippen molar-refractivity contribution in [3.8, 4) is 5.75 Å². The molecule has 0 aliphatic carbocycles. The number of aliphatic carboxylic acids is 1. The van der Waals surface area contributed by atoms with Crippen LogP contribution in [0.4, 0.5) is 4.79 Å². The van der Waals surface area contributed by atoms with E-state index in [1.54, 1.807) is 45.0 Å². The molecule has 200 valence electrons. The molecule has 2 unspecified atom stereocenters. The number of nitrogens with one attached hydrogen (secondary N) is 1. The highest BCUT2D eigenvalue weighted by Crippen LogP contribution is 2.36. The van der Waals surface area contributed by atoms with Gasteiger partial charge in [-0.15, -0.1) is 0 Å². The van der Waals surface area contributed by atoms with E-state index in [9.17, 15) is 19.5 Å². The summed E-state index contributed by atoms with van der Waals surface area (Å²) >= 11 is 0. The van der Waals surface area contributed by atoms with Crippen molar-refractivity contribution in [1.29, 1.82) is 0 Å². The molecule has 0 radical (unpaired) electrons. The van der Waals surface area contributed by atoms with Crippen LogP contribution in [-0.2, 0) is 26.5 Å². The molecular formula is C29H33N3O6. The quantitative estimate of drug-likeness (QED) is 0.470. The van der Waals surface area contributed by atoms with Gasteiger partial charge in [-0.1, -0.05) is 30.3 Å². The summed E-state index contributed by atoms with van der Waals surface area (Å²) in [7, 11) is 0. The number of amides is 2. The molecule has 38 heavy (non-hydrogen) atoms. The Morgan fingerprint density at radius 1 is 1.16 bits per heavy atom. The SMILES string of the molecule is Cc1cc(COc2ccc(C3(NC(=O)OC(C)(C)C)CCN(C(C)C(=O)O)C3=O)cc2)c2ccccc2n1. The minimum Gasteiger partial charge on any atom is -0.489 e. The number of aromatic nitrogens is 1. The van der Waals surface area contributed by atoms with Gasteiger partial charge < -0.3 is 24.8 Å². The highest BCUT2D eigenvalue weighted by Gasteiger charge is 2.52. The fraction of sp³-hybridized carbons (Fsp3) is 0.379. The molecule has 2 atom stereocenters. The van der Waals surface area contributed by atoms with Crippen molar-refractivity contribution in [2.45, 2.75) is 64.8 Å². The molecule has 3 aromatic rings. The number of pyridine rings is 1. The number of aryl methyl sites for hydroxylation is 1. The Morgan fingerprint density at radius 3 is 2.50 bits per heavy atom. The van der Waals surface area contributed by atoms with Crippen LogP contribution in [0.2, 0.25) is 0 Å². The van der Waals surface area contributed by atoms with Crippen LogP contribution in [0.5, 0.6) is 5.75 Å². The largest absolute Gasteiger partial charge is 0.489 e. The molecule has 1 aliphatic heterocycles. The van der Waals surface area contributed by atoms with Crippen LogP contribution in [0, 0.1) is 6.92 Å². The molecule has 0 bridgehead atoms. The highest BCUT2D eigenvalue weighted by molar-refractivity contribution is 5.95. The maximum Gasteiger partial charge on any atom is 0.408 e. The van der Waals surface area contributed by atoms with Gasteiger partial charge in [0.25, 0.3) is 5.91 Å². The van der Waals surface area contributed by atoms with Crippen LogP contribution in [0.15, 0.2) is 54.6 Å². The third-order valence-electron chi connectivity index (χ3n) is 6.56. The molecule has 2 aromatic carbocycles. The summed E-state index contributed by atoms with van der Waals surface area (Å²) in [6, 6.07) is 15.7. The second-order valence-corrected chi connectivity index (χ2v) is 10.5. The van der Waals surface area contributed by atoms with Crippen molar-refractivity contribution in [1.82, 2.24) is 15.2 Å². The standard InChI is InChI=1S/C29H33N3O6/c1-18-16-20(23-8-6-7-9-24(23)30-18)17-37-22-12-10-21(11-13-22)29(31-27(36)38-28(3,4)5)14-15-32(26(29)35)19(2)25(33)34/h6-13,16,19H,14-15,17H2,1-5H3,(H,31,36)(H,33,34). The van der Waals surface area contributed by atoms with E-state index >= 15 is 0 Å². The first-order valence-electron chi connectivity index (χ1n) is 12.5. The second-order valence-electron chi connectivity index (χ2n) is 10.5. The topological polar surface area (TPSA) is 118 Å². The van der Waals surface area contributed by atoms with Crippen molar-refractivity contribution in [3.63, 3.8) is 0 Å². The molecule has 2 amide bonds. The summed E-state index contributed by atoms with van der Waals surface area (Å²) in [5.74, 6) is -1.03. The Hall–Kier alpha value is -4.14. The van der Waals surface area contributed by atoms with Gasteiger partial charge in [0.15, 0.2) is 0 Å². The fourth-order valence-electron chi connectivity index (χ4n) is 4.69. The maximum absolute atomic E-state index is 13.6. The molecule has 2 N–H and O–H groups in total. The van der Waals surface area contributed by atoms with E-state index in [1.165, 1.54) is 11.8 Å². The number of carbonyl (C=O) groups is 3. The number of carboxylic acids is 1. The lowest BCUT2D eigenvalue weighted by molar-refractivity contribution is -0.149. The van der Waals surface area contributed by atoms with E-state index in [4.69, 9.17) is 9.47 Å². The summed E-state index contributed by atoms with van der Waals surface area (Å²) in [5.41, 5.74) is 1.09. The van der Waals surface area contributed by atoms with Crippen molar-refractivity contribution in [2.75, 3.05) is 6.54 Å². The van der Waals surface area contributed by atoms with E-state index in [2.05, 4.69) is 10.3 Å². The van der Waals surface area contributed by atoms with Gasteiger partial charge in [0.2, 0.25) is 0 Å². The van der Waals surface area contributed by atoms with Gasteiger partial charge in [-0.3, -0.25) is 9.78 Å². The lowest BCUT2D eigenvalue weighted by Crippen LogP contribution is -2.54. The lowest BCUT2D eigenvalue weighted by Gasteiger charge is -2.32. The zero-order chi connectivity index (χ0) is 27.7. The van der Waals surface area contributed by atoms with Crippen molar-refractivity contribution in [3.05, 3.63) is 71.4 Å². The molecule has 9 nitrogen and oxygen atoms in total. The Balaban J connectivity index is 1.59. The zero-order valence-corrected chi connectivity index (χ0v) is 22.3. The van der Waals surface area contributed by atoms with Gasteiger partial charge in [-0.05, 0) is 64.4 Å². The second kappa shape index (κ2) is 10.3. The molecular weight excluding hydrogens is 486 g/mol. The predicted molar refractivity (Wildman–Crippen MR) is 142 cm³/mol. The summed E-state index contributed by atoms with van der Waals surface area (Å²) < 4.78 is 11.5. The number of hydrogen-bond acceptors (Lipinski definition) is 6. The van der Waals surface area contributed by atoms with E-state index < -0.39 is 35.2 Å². The monoisotopic (exact) mass is 519 g/mol. The number of nitrogens with zero attached hydrogens (tertiary/aromatic N) is 2. The molecule has 0 spiro atoms. The van der Waals surface area contributed by atoms with Gasteiger partial charge >= 0.3 is 12.1 Å². The first kappa shape index (κ1) is 26.9. The van der Waals surface area contributed by atoms with Crippen LogP contribution in [0.3, 0.4) is 0 Å². The molecule has 9 heteroatoms. The first-order chi connectivity index (χ1) is 17.9. The Bertz CT molecular complexity index is 1360. The van der Waals surface area contributed by atoms with E-state index in [0.29, 0.717) is 17.9 Å². The summed E-state index contributed by atoms with van der Waals surface area (Å²) in [4.78, 5) is 43.8. The number of benzene rings is 2. The normalized spacial score (nSPS) is 18.3. The number of alkyl carbamates (subject to hydrolysis) is 1. The van der Waals surface area contributed by atoms with E-state index in [1.807, 2.05) is 37.3 Å². The van der Waals surface area contributed by atoms with Crippen LogP contribution in [0.25, 0.3) is 10.9 Å². The summed E-state index contributed by atoms with van der Waals surface area (Å²) in [5, 5.41) is 13.2. The summed E-state index contributed by atoms with van der Waals surface area (Å²) in [6.45, 7) is 9.08. The number of ether oxygens (including phenoxy) is 2. The fourth-order valence-corrected chi connectivity index (χ4v) is 4.69. The minimum absolute atomic E-state index is 0.175. The first-order valence-corrected chi connectivity index (χ1v) is 12.5. The van der Waals surface area contributed by atoms with Crippen molar-refractivity contribution < 1.29 is 29.0 Å². The number of carbonyl (C=O) groups excluding carboxylic acids is 2. The average molecular weight is 520 g/mol. The third kappa shape index (κ3) is 5.56. The van der Waals surface area contributed by atoms with Gasteiger partial charge in [0.1, 0.15) is 29.5 Å². The molecule has 1 fully saturated rings. The maximum atomic E-state index is 13.6. The number of carboxylic acid groups (broad SMARTS) is 1. The van der Waals surface area contributed by atoms with Crippen LogP contribution in [-0.4, -0.2) is 51.1 Å². The van der Waals surface area contributed by atoms with Crippen LogP contribution in [0.1, 0.15) is 50.9 Å². The number of rotatable bonds is 7. The highest BCUT2D eigenvalue weighted by atomic mass is 16.6. The van der Waals surface area contributed by atoms with E-state index in [-0.39, 0.29) is 13.0 Å². The van der Waals surface area contributed by atoms with Gasteiger partial charge in [-0.2, -0.15) is 0 Å². The smallest absolute Gasteiger partial charge is 0.408 e. The molecule has 1 aromatic heterocycles.